The Bertz CT molecular complexity index is 720. The number of fused-ring (bicyclic) bond motifs is 1. The number of likely N-dealkylation sites (N-methyl/N-ethyl adjacent to an activating group) is 3. The van der Waals surface area contributed by atoms with Crippen molar-refractivity contribution >= 4 is 22.9 Å². The van der Waals surface area contributed by atoms with Gasteiger partial charge in [0.05, 0.1) is 18.8 Å². The highest BCUT2D eigenvalue weighted by Gasteiger charge is 2.26. The molecule has 0 saturated carbocycles. The zero-order chi connectivity index (χ0) is 18.5. The average Bonchev–Trinajstić information content (AvgIpc) is 3.13. The van der Waals surface area contributed by atoms with Crippen LogP contribution < -0.4 is 9.64 Å². The molecule has 2 heterocycles. The number of amides is 1. The van der Waals surface area contributed by atoms with Crippen LogP contribution in [0.2, 0.25) is 0 Å². The van der Waals surface area contributed by atoms with E-state index in [0.29, 0.717) is 13.1 Å². The fourth-order valence-corrected chi connectivity index (χ4v) is 3.94. The third-order valence-corrected chi connectivity index (χ3v) is 5.38. The molecular formula is C20H27N3O2S. The van der Waals surface area contributed by atoms with Crippen molar-refractivity contribution in [2.75, 3.05) is 45.2 Å². The van der Waals surface area contributed by atoms with Crippen LogP contribution in [0.25, 0.3) is 0 Å². The first kappa shape index (κ1) is 18.7. The maximum absolute atomic E-state index is 12.5. The average molecular weight is 374 g/mol. The molecule has 0 aliphatic carbocycles. The van der Waals surface area contributed by atoms with E-state index in [9.17, 15) is 4.79 Å². The predicted octanol–water partition coefficient (Wildman–Crippen LogP) is 2.93. The number of para-hydroxylation sites is 2. The first-order valence-electron chi connectivity index (χ1n) is 9.01. The summed E-state index contributed by atoms with van der Waals surface area (Å²) in [6.45, 7) is 5.73. The van der Waals surface area contributed by atoms with Crippen molar-refractivity contribution in [2.24, 2.45) is 0 Å². The first-order chi connectivity index (χ1) is 12.6. The zero-order valence-electron chi connectivity index (χ0n) is 15.7. The summed E-state index contributed by atoms with van der Waals surface area (Å²) >= 11 is 1.66. The monoisotopic (exact) mass is 373 g/mol. The third-order valence-electron chi connectivity index (χ3n) is 4.65. The first-order valence-corrected chi connectivity index (χ1v) is 9.95. The van der Waals surface area contributed by atoms with Crippen LogP contribution in [-0.2, 0) is 11.3 Å². The molecule has 0 fully saturated rings. The lowest BCUT2D eigenvalue weighted by atomic mass is 10.2. The van der Waals surface area contributed by atoms with Gasteiger partial charge in [-0.15, -0.1) is 0 Å². The van der Waals surface area contributed by atoms with Gasteiger partial charge in [-0.3, -0.25) is 9.69 Å². The summed E-state index contributed by atoms with van der Waals surface area (Å²) in [5.41, 5.74) is 2.33. The van der Waals surface area contributed by atoms with Crippen molar-refractivity contribution < 1.29 is 9.53 Å². The number of carbonyl (C=O) groups excluding carboxylic acids is 1. The van der Waals surface area contributed by atoms with Crippen LogP contribution in [0.1, 0.15) is 12.5 Å². The van der Waals surface area contributed by atoms with Crippen molar-refractivity contribution in [3.05, 3.63) is 46.7 Å². The van der Waals surface area contributed by atoms with Gasteiger partial charge in [-0.05, 0) is 48.5 Å². The second kappa shape index (κ2) is 8.56. The zero-order valence-corrected chi connectivity index (χ0v) is 16.5. The molecule has 0 radical (unpaired) electrons. The fourth-order valence-electron chi connectivity index (χ4n) is 3.28. The molecule has 1 amide bonds. The Morgan fingerprint density at radius 1 is 1.31 bits per heavy atom. The minimum Gasteiger partial charge on any atom is -0.485 e. The molecule has 2 aromatic rings. The molecule has 0 spiro atoms. The predicted molar refractivity (Wildman–Crippen MR) is 107 cm³/mol. The van der Waals surface area contributed by atoms with E-state index in [0.717, 1.165) is 31.1 Å². The number of hydrogen-bond acceptors (Lipinski definition) is 5. The van der Waals surface area contributed by atoms with Crippen molar-refractivity contribution in [2.45, 2.75) is 19.6 Å². The van der Waals surface area contributed by atoms with E-state index in [1.807, 2.05) is 37.7 Å². The number of hydrogen-bond donors (Lipinski definition) is 0. The maximum Gasteiger partial charge on any atom is 0.236 e. The molecule has 3 rings (SSSR count). The Labute approximate surface area is 159 Å². The number of nitrogens with zero attached hydrogens (tertiary/aromatic N) is 3. The van der Waals surface area contributed by atoms with Gasteiger partial charge in [0.15, 0.2) is 0 Å². The molecule has 5 nitrogen and oxygen atoms in total. The Balaban J connectivity index is 1.53. The van der Waals surface area contributed by atoms with Crippen LogP contribution in [0.3, 0.4) is 0 Å². The largest absolute Gasteiger partial charge is 0.485 e. The van der Waals surface area contributed by atoms with Crippen molar-refractivity contribution in [1.29, 1.82) is 0 Å². The summed E-state index contributed by atoms with van der Waals surface area (Å²) in [6.07, 6.45) is 0.0600. The van der Waals surface area contributed by atoms with Gasteiger partial charge in [-0.2, -0.15) is 11.3 Å². The lowest BCUT2D eigenvalue weighted by Gasteiger charge is -2.37. The molecule has 1 aromatic heterocycles. The highest BCUT2D eigenvalue weighted by atomic mass is 32.1. The van der Waals surface area contributed by atoms with Gasteiger partial charge >= 0.3 is 0 Å². The molecule has 0 N–H and O–H groups in total. The standard InChI is InChI=1S/C20H27N3O2S/c1-4-23-13-17(25-19-8-6-5-7-18(19)23)12-21(2)14-20(24)22(3)11-16-9-10-26-15-16/h5-10,15,17H,4,11-14H2,1-3H3/t17-/m1/s1. The Hall–Kier alpha value is -2.05. The molecule has 0 saturated heterocycles. The van der Waals surface area contributed by atoms with E-state index in [1.54, 1.807) is 16.2 Å². The summed E-state index contributed by atoms with van der Waals surface area (Å²) in [7, 11) is 3.84. The van der Waals surface area contributed by atoms with Crippen molar-refractivity contribution in [3.63, 3.8) is 0 Å². The van der Waals surface area contributed by atoms with Crippen LogP contribution in [0, 0.1) is 0 Å². The minimum absolute atomic E-state index is 0.0600. The summed E-state index contributed by atoms with van der Waals surface area (Å²) in [6, 6.07) is 10.2. The Morgan fingerprint density at radius 2 is 2.12 bits per heavy atom. The number of anilines is 1. The van der Waals surface area contributed by atoms with Crippen LogP contribution >= 0.6 is 11.3 Å². The quantitative estimate of drug-likeness (QED) is 0.748. The summed E-state index contributed by atoms with van der Waals surface area (Å²) in [4.78, 5) is 18.7. The molecule has 0 bridgehead atoms. The lowest BCUT2D eigenvalue weighted by Crippen LogP contribution is -2.47. The van der Waals surface area contributed by atoms with Gasteiger partial charge in [0.25, 0.3) is 0 Å². The summed E-state index contributed by atoms with van der Waals surface area (Å²) in [5, 5.41) is 4.12. The maximum atomic E-state index is 12.5. The number of thiophene rings is 1. The number of carbonyl (C=O) groups is 1. The minimum atomic E-state index is 0.0600. The van der Waals surface area contributed by atoms with Crippen LogP contribution in [0.5, 0.6) is 5.75 Å². The van der Waals surface area contributed by atoms with E-state index in [-0.39, 0.29) is 12.0 Å². The highest BCUT2D eigenvalue weighted by molar-refractivity contribution is 7.07. The molecule has 6 heteroatoms. The van der Waals surface area contributed by atoms with Crippen molar-refractivity contribution in [1.82, 2.24) is 9.80 Å². The number of benzene rings is 1. The van der Waals surface area contributed by atoms with Gasteiger partial charge in [-0.1, -0.05) is 12.1 Å². The van der Waals surface area contributed by atoms with E-state index >= 15 is 0 Å². The molecule has 1 aliphatic rings. The highest BCUT2D eigenvalue weighted by Crippen LogP contribution is 2.32. The van der Waals surface area contributed by atoms with Gasteiger partial charge in [0.2, 0.25) is 5.91 Å². The van der Waals surface area contributed by atoms with E-state index in [2.05, 4.69) is 34.2 Å². The molecule has 1 aliphatic heterocycles. The summed E-state index contributed by atoms with van der Waals surface area (Å²) < 4.78 is 6.16. The SMILES string of the molecule is CCN1C[C@@H](CN(C)CC(=O)N(C)Cc2ccsc2)Oc2ccccc21. The third kappa shape index (κ3) is 4.56. The number of rotatable bonds is 7. The molecule has 140 valence electrons. The van der Waals surface area contributed by atoms with Crippen molar-refractivity contribution in [3.8, 4) is 5.75 Å². The van der Waals surface area contributed by atoms with Crippen LogP contribution in [0.15, 0.2) is 41.1 Å². The van der Waals surface area contributed by atoms with Gasteiger partial charge in [0.1, 0.15) is 11.9 Å². The Kier molecular flexibility index (Phi) is 6.16. The molecule has 0 unspecified atom stereocenters. The second-order valence-electron chi connectivity index (χ2n) is 6.82. The van der Waals surface area contributed by atoms with Gasteiger partial charge in [-0.25, -0.2) is 0 Å². The molecular weight excluding hydrogens is 346 g/mol. The van der Waals surface area contributed by atoms with Gasteiger partial charge < -0.3 is 14.5 Å². The van der Waals surface area contributed by atoms with E-state index in [1.165, 1.54) is 5.56 Å². The number of ether oxygens (including phenoxy) is 1. The normalized spacial score (nSPS) is 16.3. The van der Waals surface area contributed by atoms with Crippen LogP contribution in [0.4, 0.5) is 5.69 Å². The second-order valence-corrected chi connectivity index (χ2v) is 7.60. The lowest BCUT2D eigenvalue weighted by molar-refractivity contribution is -0.131. The molecule has 1 atom stereocenters. The topological polar surface area (TPSA) is 36.0 Å². The molecule has 1 aromatic carbocycles. The Morgan fingerprint density at radius 3 is 2.85 bits per heavy atom. The van der Waals surface area contributed by atoms with E-state index < -0.39 is 0 Å². The fraction of sp³-hybridized carbons (Fsp3) is 0.450. The molecule has 26 heavy (non-hydrogen) atoms. The smallest absolute Gasteiger partial charge is 0.236 e. The summed E-state index contributed by atoms with van der Waals surface area (Å²) in [5.74, 6) is 1.06. The van der Waals surface area contributed by atoms with E-state index in [4.69, 9.17) is 4.74 Å². The van der Waals surface area contributed by atoms with Gasteiger partial charge in [0, 0.05) is 26.7 Å². The van der Waals surface area contributed by atoms with Crippen LogP contribution in [-0.4, -0.2) is 62.1 Å².